The number of carboxylic acids is 1. The Hall–Kier alpha value is -2.00. The second-order valence-corrected chi connectivity index (χ2v) is 6.35. The lowest BCUT2D eigenvalue weighted by molar-refractivity contribution is 0.0634. The van der Waals surface area contributed by atoms with Crippen molar-refractivity contribution in [1.82, 2.24) is 8.75 Å². The summed E-state index contributed by atoms with van der Waals surface area (Å²) in [7, 11) is 0. The summed E-state index contributed by atoms with van der Waals surface area (Å²) in [5.41, 5.74) is -0.464. The molecule has 0 aliphatic carbocycles. The molecule has 2 aromatic heterocycles. The summed E-state index contributed by atoms with van der Waals surface area (Å²) < 4.78 is 12.5. The summed E-state index contributed by atoms with van der Waals surface area (Å²) in [5, 5.41) is 11.5. The molecule has 0 atom stereocenters. The highest BCUT2D eigenvalue weighted by atomic mass is 32.1. The molecule has 0 aliphatic rings. The molecule has 0 aromatic carbocycles. The topological polar surface area (TPSA) is 101 Å². The molecule has 0 aliphatic heterocycles. The van der Waals surface area contributed by atoms with E-state index in [1.165, 1.54) is 23.8 Å². The summed E-state index contributed by atoms with van der Waals surface area (Å²) in [6.07, 6.45) is 2.64. The lowest BCUT2D eigenvalue weighted by Gasteiger charge is -2.19. The fraction of sp³-hybridized carbons (Fsp3) is 0.333. The Morgan fingerprint density at radius 2 is 1.81 bits per heavy atom. The standard InChI is InChI=1S/C8H12N2O2S.C4H3NO2S/c1-8(2,3)12-7(11)10-6-4-5-9-13-6;6-4(7)3-1-2-5-8-3/h4-5H,1-3H3,(H,10,11);1-2H,(H,6,7). The van der Waals surface area contributed by atoms with Crippen LogP contribution in [0.5, 0.6) is 0 Å². The van der Waals surface area contributed by atoms with Crippen molar-refractivity contribution in [2.45, 2.75) is 26.4 Å². The summed E-state index contributed by atoms with van der Waals surface area (Å²) in [6.45, 7) is 5.46. The molecule has 2 rings (SSSR count). The van der Waals surface area contributed by atoms with E-state index >= 15 is 0 Å². The first-order chi connectivity index (χ1) is 9.78. The Labute approximate surface area is 129 Å². The van der Waals surface area contributed by atoms with Crippen LogP contribution in [-0.4, -0.2) is 31.5 Å². The minimum absolute atomic E-state index is 0.282. The number of anilines is 1. The Bertz CT molecular complexity index is 562. The smallest absolute Gasteiger partial charge is 0.412 e. The highest BCUT2D eigenvalue weighted by Gasteiger charge is 2.16. The van der Waals surface area contributed by atoms with Gasteiger partial charge in [-0.3, -0.25) is 5.32 Å². The van der Waals surface area contributed by atoms with Crippen LogP contribution in [0.4, 0.5) is 9.80 Å². The van der Waals surface area contributed by atoms with Crippen LogP contribution in [0.25, 0.3) is 0 Å². The van der Waals surface area contributed by atoms with E-state index in [0.29, 0.717) is 5.00 Å². The molecule has 2 heterocycles. The number of rotatable bonds is 2. The maximum atomic E-state index is 11.2. The Morgan fingerprint density at radius 3 is 2.19 bits per heavy atom. The quantitative estimate of drug-likeness (QED) is 0.876. The van der Waals surface area contributed by atoms with E-state index in [1.807, 2.05) is 20.8 Å². The van der Waals surface area contributed by atoms with Gasteiger partial charge in [-0.05, 0) is 56.0 Å². The van der Waals surface area contributed by atoms with E-state index in [4.69, 9.17) is 9.84 Å². The summed E-state index contributed by atoms with van der Waals surface area (Å²) in [5.74, 6) is -0.910. The maximum Gasteiger partial charge on any atom is 0.412 e. The fourth-order valence-corrected chi connectivity index (χ4v) is 1.93. The molecule has 114 valence electrons. The molecular formula is C12H15N3O4S2. The zero-order valence-corrected chi connectivity index (χ0v) is 13.3. The number of hydrogen-bond donors (Lipinski definition) is 2. The number of amides is 1. The number of aromatic nitrogens is 2. The zero-order chi connectivity index (χ0) is 15.9. The van der Waals surface area contributed by atoms with Crippen molar-refractivity contribution >= 4 is 40.1 Å². The third-order valence-corrected chi connectivity index (χ3v) is 3.11. The van der Waals surface area contributed by atoms with Gasteiger partial charge in [-0.15, -0.1) is 0 Å². The Morgan fingerprint density at radius 1 is 1.19 bits per heavy atom. The highest BCUT2D eigenvalue weighted by Crippen LogP contribution is 2.14. The molecule has 0 unspecified atom stereocenters. The van der Waals surface area contributed by atoms with E-state index in [0.717, 1.165) is 11.5 Å². The van der Waals surface area contributed by atoms with Crippen LogP contribution in [0, 0.1) is 0 Å². The van der Waals surface area contributed by atoms with Gasteiger partial charge in [0.15, 0.2) is 0 Å². The molecule has 9 heteroatoms. The largest absolute Gasteiger partial charge is 0.477 e. The van der Waals surface area contributed by atoms with Crippen LogP contribution < -0.4 is 5.32 Å². The van der Waals surface area contributed by atoms with E-state index in [-0.39, 0.29) is 4.88 Å². The molecule has 0 bridgehead atoms. The van der Waals surface area contributed by atoms with Crippen LogP contribution in [-0.2, 0) is 4.74 Å². The molecule has 2 aromatic rings. The van der Waals surface area contributed by atoms with Crippen molar-refractivity contribution in [2.24, 2.45) is 0 Å². The van der Waals surface area contributed by atoms with Crippen LogP contribution in [0.3, 0.4) is 0 Å². The van der Waals surface area contributed by atoms with Gasteiger partial charge in [0, 0.05) is 12.4 Å². The van der Waals surface area contributed by atoms with Gasteiger partial charge in [-0.1, -0.05) is 0 Å². The lowest BCUT2D eigenvalue weighted by Crippen LogP contribution is -2.26. The van der Waals surface area contributed by atoms with E-state index in [1.54, 1.807) is 12.3 Å². The van der Waals surface area contributed by atoms with E-state index in [9.17, 15) is 9.59 Å². The van der Waals surface area contributed by atoms with Crippen molar-refractivity contribution in [3.8, 4) is 0 Å². The Balaban J connectivity index is 0.000000235. The molecular weight excluding hydrogens is 314 g/mol. The number of carbonyl (C=O) groups excluding carboxylic acids is 1. The summed E-state index contributed by atoms with van der Waals surface area (Å²) in [6, 6.07) is 3.18. The lowest BCUT2D eigenvalue weighted by atomic mass is 10.2. The second-order valence-electron chi connectivity index (χ2n) is 4.69. The van der Waals surface area contributed by atoms with Crippen molar-refractivity contribution in [2.75, 3.05) is 5.32 Å². The number of ether oxygens (including phenoxy) is 1. The van der Waals surface area contributed by atoms with Crippen LogP contribution in [0.2, 0.25) is 0 Å². The fourth-order valence-electron chi connectivity index (χ4n) is 1.01. The molecule has 0 saturated heterocycles. The highest BCUT2D eigenvalue weighted by molar-refractivity contribution is 7.10. The van der Waals surface area contributed by atoms with Crippen molar-refractivity contribution in [1.29, 1.82) is 0 Å². The second kappa shape index (κ2) is 7.70. The van der Waals surface area contributed by atoms with Gasteiger partial charge < -0.3 is 9.84 Å². The maximum absolute atomic E-state index is 11.2. The van der Waals surface area contributed by atoms with Crippen LogP contribution in [0.15, 0.2) is 24.5 Å². The number of nitrogens with one attached hydrogen (secondary N) is 1. The minimum atomic E-state index is -0.910. The first-order valence-corrected chi connectivity index (χ1v) is 7.37. The molecule has 0 spiro atoms. The zero-order valence-electron chi connectivity index (χ0n) is 11.7. The summed E-state index contributed by atoms with van der Waals surface area (Å²) >= 11 is 2.20. The molecule has 1 amide bonds. The van der Waals surface area contributed by atoms with Gasteiger partial charge in [-0.2, -0.15) is 4.37 Å². The van der Waals surface area contributed by atoms with Gasteiger partial charge in [0.2, 0.25) is 0 Å². The van der Waals surface area contributed by atoms with Gasteiger partial charge in [0.05, 0.1) is 0 Å². The van der Waals surface area contributed by atoms with Gasteiger partial charge in [-0.25, -0.2) is 14.0 Å². The van der Waals surface area contributed by atoms with Crippen LogP contribution in [0.1, 0.15) is 30.4 Å². The first kappa shape index (κ1) is 17.1. The molecule has 0 saturated carbocycles. The monoisotopic (exact) mass is 329 g/mol. The van der Waals surface area contributed by atoms with Gasteiger partial charge in [0.1, 0.15) is 15.5 Å². The van der Waals surface area contributed by atoms with E-state index in [2.05, 4.69) is 14.1 Å². The SMILES string of the molecule is CC(C)(C)OC(=O)Nc1ccns1.O=C(O)c1ccns1. The molecule has 7 nitrogen and oxygen atoms in total. The number of carbonyl (C=O) groups is 2. The Kier molecular flexibility index (Phi) is 6.25. The number of aromatic carboxylic acids is 1. The van der Waals surface area contributed by atoms with Crippen molar-refractivity contribution in [3.05, 3.63) is 29.4 Å². The van der Waals surface area contributed by atoms with Crippen molar-refractivity contribution < 1.29 is 19.4 Å². The van der Waals surface area contributed by atoms with Crippen LogP contribution >= 0.6 is 23.1 Å². The van der Waals surface area contributed by atoms with Crippen molar-refractivity contribution in [3.63, 3.8) is 0 Å². The van der Waals surface area contributed by atoms with Gasteiger partial charge >= 0.3 is 12.1 Å². The average molecular weight is 329 g/mol. The average Bonchev–Trinajstić information content (AvgIpc) is 2.98. The molecule has 21 heavy (non-hydrogen) atoms. The predicted octanol–water partition coefficient (Wildman–Crippen LogP) is 3.33. The third kappa shape index (κ3) is 7.37. The number of nitrogens with zero attached hydrogens (tertiary/aromatic N) is 2. The normalized spacial score (nSPS) is 10.2. The number of carboxylic acid groups (broad SMARTS) is 1. The molecule has 0 radical (unpaired) electrons. The van der Waals surface area contributed by atoms with Gasteiger partial charge in [0.25, 0.3) is 0 Å². The molecule has 0 fully saturated rings. The molecule has 2 N–H and O–H groups in total. The number of hydrogen-bond acceptors (Lipinski definition) is 7. The minimum Gasteiger partial charge on any atom is -0.477 e. The predicted molar refractivity (Wildman–Crippen MR) is 81.0 cm³/mol. The first-order valence-electron chi connectivity index (χ1n) is 5.82. The summed E-state index contributed by atoms with van der Waals surface area (Å²) in [4.78, 5) is 21.5. The van der Waals surface area contributed by atoms with E-state index < -0.39 is 17.7 Å². The third-order valence-electron chi connectivity index (χ3n) is 1.71.